The molecule has 0 saturated carbocycles. The van der Waals surface area contributed by atoms with Crippen LogP contribution < -0.4 is 5.73 Å². The first-order valence-electron chi connectivity index (χ1n) is 5.23. The molecule has 0 aliphatic carbocycles. The van der Waals surface area contributed by atoms with Gasteiger partial charge in [0.05, 0.1) is 12.6 Å². The Morgan fingerprint density at radius 1 is 1.33 bits per heavy atom. The highest BCUT2D eigenvalue weighted by Crippen LogP contribution is 1.92. The predicted molar refractivity (Wildman–Crippen MR) is 59.4 cm³/mol. The summed E-state index contributed by atoms with van der Waals surface area (Å²) in [6.07, 6.45) is 0.0396. The summed E-state index contributed by atoms with van der Waals surface area (Å²) in [6, 6.07) is -0.440. The van der Waals surface area contributed by atoms with Gasteiger partial charge in [0.25, 0.3) is 0 Å². The van der Waals surface area contributed by atoms with Crippen LogP contribution in [0.4, 0.5) is 0 Å². The van der Waals surface area contributed by atoms with E-state index in [0.717, 1.165) is 13.0 Å². The van der Waals surface area contributed by atoms with E-state index < -0.39 is 12.1 Å². The van der Waals surface area contributed by atoms with Gasteiger partial charge < -0.3 is 20.3 Å². The van der Waals surface area contributed by atoms with Gasteiger partial charge in [-0.1, -0.05) is 5.92 Å². The van der Waals surface area contributed by atoms with E-state index in [2.05, 4.69) is 11.8 Å². The van der Waals surface area contributed by atoms with Crippen LogP contribution in [0.25, 0.3) is 0 Å². The van der Waals surface area contributed by atoms with Crippen molar-refractivity contribution in [1.82, 2.24) is 0 Å². The molecule has 2 unspecified atom stereocenters. The Kier molecular flexibility index (Phi) is 9.54. The molecule has 0 aromatic rings. The first kappa shape index (κ1) is 14.4. The molecule has 0 aromatic carbocycles. The molecule has 2 atom stereocenters. The van der Waals surface area contributed by atoms with E-state index in [4.69, 9.17) is 15.2 Å². The van der Waals surface area contributed by atoms with Crippen molar-refractivity contribution in [3.63, 3.8) is 0 Å². The highest BCUT2D eigenvalue weighted by Gasteiger charge is 2.11. The maximum absolute atomic E-state index is 9.36. The average Bonchev–Trinajstić information content (AvgIpc) is 2.23. The van der Waals surface area contributed by atoms with Crippen LogP contribution in [0.15, 0.2) is 0 Å². The Bertz CT molecular complexity index is 198. The van der Waals surface area contributed by atoms with E-state index in [9.17, 15) is 5.11 Å². The number of nitrogens with two attached hydrogens (primary N) is 1. The summed E-state index contributed by atoms with van der Waals surface area (Å²) in [6.45, 7) is 5.96. The second-order valence-electron chi connectivity index (χ2n) is 3.13. The fourth-order valence-electron chi connectivity index (χ4n) is 0.973. The van der Waals surface area contributed by atoms with Crippen molar-refractivity contribution in [2.45, 2.75) is 32.4 Å². The summed E-state index contributed by atoms with van der Waals surface area (Å²) in [7, 11) is 0. The van der Waals surface area contributed by atoms with E-state index in [1.54, 1.807) is 6.92 Å². The summed E-state index contributed by atoms with van der Waals surface area (Å²) in [4.78, 5) is 0. The number of aliphatic hydroxyl groups is 1. The van der Waals surface area contributed by atoms with Gasteiger partial charge >= 0.3 is 0 Å². The minimum absolute atomic E-state index is 0.321. The fourth-order valence-corrected chi connectivity index (χ4v) is 0.973. The first-order chi connectivity index (χ1) is 7.22. The topological polar surface area (TPSA) is 64.7 Å². The molecule has 0 bridgehead atoms. The quantitative estimate of drug-likeness (QED) is 0.446. The number of hydrogen-bond acceptors (Lipinski definition) is 4. The van der Waals surface area contributed by atoms with Gasteiger partial charge in [-0.05, 0) is 20.3 Å². The minimum atomic E-state index is -0.804. The summed E-state index contributed by atoms with van der Waals surface area (Å²) in [5.74, 6) is 5.19. The van der Waals surface area contributed by atoms with Crippen LogP contribution in [-0.4, -0.2) is 43.7 Å². The normalized spacial score (nSPS) is 14.1. The van der Waals surface area contributed by atoms with Crippen molar-refractivity contribution >= 4 is 0 Å². The van der Waals surface area contributed by atoms with E-state index >= 15 is 0 Å². The molecule has 0 saturated heterocycles. The Hall–Kier alpha value is -0.600. The van der Waals surface area contributed by atoms with Gasteiger partial charge in [0.15, 0.2) is 0 Å². The minimum Gasteiger partial charge on any atom is -0.382 e. The van der Waals surface area contributed by atoms with Gasteiger partial charge in [0, 0.05) is 19.8 Å². The predicted octanol–water partition coefficient (Wildman–Crippen LogP) is 0.141. The van der Waals surface area contributed by atoms with Crippen molar-refractivity contribution in [1.29, 1.82) is 0 Å². The van der Waals surface area contributed by atoms with E-state index in [0.29, 0.717) is 19.8 Å². The third-order valence-electron chi connectivity index (χ3n) is 1.79. The van der Waals surface area contributed by atoms with Crippen LogP contribution in [-0.2, 0) is 9.47 Å². The van der Waals surface area contributed by atoms with Gasteiger partial charge in [-0.3, -0.25) is 0 Å². The third kappa shape index (κ3) is 8.40. The largest absolute Gasteiger partial charge is 0.382 e. The third-order valence-corrected chi connectivity index (χ3v) is 1.79. The van der Waals surface area contributed by atoms with Gasteiger partial charge in [-0.2, -0.15) is 0 Å². The monoisotopic (exact) mass is 215 g/mol. The highest BCUT2D eigenvalue weighted by atomic mass is 16.5. The van der Waals surface area contributed by atoms with E-state index in [-0.39, 0.29) is 0 Å². The average molecular weight is 215 g/mol. The van der Waals surface area contributed by atoms with Crippen LogP contribution in [0, 0.1) is 11.8 Å². The lowest BCUT2D eigenvalue weighted by molar-refractivity contribution is 0.0625. The molecule has 0 aliphatic heterocycles. The summed E-state index contributed by atoms with van der Waals surface area (Å²) in [5.41, 5.74) is 5.64. The lowest BCUT2D eigenvalue weighted by atomic mass is 10.2. The summed E-state index contributed by atoms with van der Waals surface area (Å²) < 4.78 is 10.4. The van der Waals surface area contributed by atoms with Crippen LogP contribution in [0.3, 0.4) is 0 Å². The van der Waals surface area contributed by atoms with Gasteiger partial charge in [-0.25, -0.2) is 0 Å². The van der Waals surface area contributed by atoms with Crippen LogP contribution in [0.2, 0.25) is 0 Å². The smallest absolute Gasteiger partial charge is 0.131 e. The first-order valence-corrected chi connectivity index (χ1v) is 5.23. The standard InChI is InChI=1S/C11H21NO3/c1-3-6-11(13)10(12)9-15-8-5-7-14-4-2/h10-11,13H,4-5,7-9,12H2,1-2H3. The molecule has 0 radical (unpaired) electrons. The van der Waals surface area contributed by atoms with Gasteiger partial charge in [-0.15, -0.1) is 5.92 Å². The molecule has 0 spiro atoms. The van der Waals surface area contributed by atoms with Crippen LogP contribution >= 0.6 is 0 Å². The number of hydrogen-bond donors (Lipinski definition) is 2. The van der Waals surface area contributed by atoms with Gasteiger partial charge in [0.1, 0.15) is 6.10 Å². The Morgan fingerprint density at radius 2 is 2.00 bits per heavy atom. The van der Waals surface area contributed by atoms with E-state index in [1.807, 2.05) is 6.92 Å². The Balaban J connectivity index is 3.37. The molecule has 0 fully saturated rings. The zero-order valence-electron chi connectivity index (χ0n) is 9.53. The molecule has 15 heavy (non-hydrogen) atoms. The number of rotatable bonds is 8. The second kappa shape index (κ2) is 9.94. The fraction of sp³-hybridized carbons (Fsp3) is 0.818. The SMILES string of the molecule is CC#CC(O)C(N)COCCCOCC. The molecule has 3 N–H and O–H groups in total. The van der Waals surface area contributed by atoms with Crippen molar-refractivity contribution in [2.24, 2.45) is 5.73 Å². The molecule has 4 heteroatoms. The molecule has 0 amide bonds. The summed E-state index contributed by atoms with van der Waals surface area (Å²) >= 11 is 0. The van der Waals surface area contributed by atoms with Crippen molar-refractivity contribution in [3.05, 3.63) is 0 Å². The maximum Gasteiger partial charge on any atom is 0.131 e. The highest BCUT2D eigenvalue weighted by molar-refractivity contribution is 5.05. The van der Waals surface area contributed by atoms with Crippen LogP contribution in [0.5, 0.6) is 0 Å². The zero-order valence-corrected chi connectivity index (χ0v) is 9.53. The molecular formula is C11H21NO3. The van der Waals surface area contributed by atoms with E-state index in [1.165, 1.54) is 0 Å². The number of ether oxygens (including phenoxy) is 2. The van der Waals surface area contributed by atoms with Gasteiger partial charge in [0.2, 0.25) is 0 Å². The van der Waals surface area contributed by atoms with Crippen LogP contribution in [0.1, 0.15) is 20.3 Å². The maximum atomic E-state index is 9.36. The van der Waals surface area contributed by atoms with Crippen molar-refractivity contribution < 1.29 is 14.6 Å². The van der Waals surface area contributed by atoms with Crippen molar-refractivity contribution in [2.75, 3.05) is 26.4 Å². The molecular weight excluding hydrogens is 194 g/mol. The molecule has 0 rings (SSSR count). The summed E-state index contributed by atoms with van der Waals surface area (Å²) in [5, 5.41) is 9.36. The molecule has 88 valence electrons. The molecule has 4 nitrogen and oxygen atoms in total. The van der Waals surface area contributed by atoms with Crippen molar-refractivity contribution in [3.8, 4) is 11.8 Å². The Labute approximate surface area is 91.7 Å². The lowest BCUT2D eigenvalue weighted by Gasteiger charge is -2.14. The lowest BCUT2D eigenvalue weighted by Crippen LogP contribution is -2.38. The zero-order chi connectivity index (χ0) is 11.5. The molecule has 0 aromatic heterocycles. The molecule has 0 aliphatic rings. The number of aliphatic hydroxyl groups excluding tert-OH is 1. The molecule has 0 heterocycles. The Morgan fingerprint density at radius 3 is 2.60 bits per heavy atom. The second-order valence-corrected chi connectivity index (χ2v) is 3.13.